The predicted octanol–water partition coefficient (Wildman–Crippen LogP) is 5.54. The second-order valence-corrected chi connectivity index (χ2v) is 6.65. The van der Waals surface area contributed by atoms with Crippen molar-refractivity contribution in [3.05, 3.63) is 96.1 Å². The van der Waals surface area contributed by atoms with Crippen LogP contribution in [0.4, 0.5) is 0 Å². The molecule has 2 heteroatoms. The van der Waals surface area contributed by atoms with Crippen molar-refractivity contribution in [3.8, 4) is 0 Å². The molecule has 26 heavy (non-hydrogen) atoms. The zero-order valence-electron chi connectivity index (χ0n) is 14.9. The summed E-state index contributed by atoms with van der Waals surface area (Å²) in [7, 11) is 0. The molecule has 0 bridgehead atoms. The maximum Gasteiger partial charge on any atom is 0.220 e. The number of carbonyl (C=O) groups excluding carboxylic acids is 1. The molecule has 2 nitrogen and oxygen atoms in total. The van der Waals surface area contributed by atoms with Crippen LogP contribution in [0.25, 0.3) is 21.5 Å². The Labute approximate surface area is 153 Å². The Balaban J connectivity index is 1.69. The first-order valence-corrected chi connectivity index (χ1v) is 8.91. The number of fused-ring (bicyclic) bond motifs is 2. The van der Waals surface area contributed by atoms with Crippen molar-refractivity contribution < 1.29 is 4.79 Å². The molecular formula is C24H21NO. The van der Waals surface area contributed by atoms with Crippen LogP contribution >= 0.6 is 0 Å². The molecule has 0 fully saturated rings. The molecule has 4 aromatic carbocycles. The highest BCUT2D eigenvalue weighted by Gasteiger charge is 2.13. The minimum absolute atomic E-state index is 0.0888. The summed E-state index contributed by atoms with van der Waals surface area (Å²) >= 11 is 0. The molecule has 1 amide bonds. The lowest BCUT2D eigenvalue weighted by atomic mass is 10.0. The zero-order valence-corrected chi connectivity index (χ0v) is 14.9. The van der Waals surface area contributed by atoms with E-state index in [4.69, 9.17) is 0 Å². The summed E-state index contributed by atoms with van der Waals surface area (Å²) in [5.74, 6) is 0.0888. The molecule has 0 saturated carbocycles. The summed E-state index contributed by atoms with van der Waals surface area (Å²) in [6.45, 7) is 2.87. The molecule has 0 spiro atoms. The van der Waals surface area contributed by atoms with Crippen molar-refractivity contribution in [2.45, 2.75) is 20.0 Å². The third kappa shape index (κ3) is 3.18. The molecule has 0 heterocycles. The minimum Gasteiger partial charge on any atom is -0.334 e. The second-order valence-electron chi connectivity index (χ2n) is 6.65. The third-order valence-corrected chi connectivity index (χ3v) is 4.93. The lowest BCUT2D eigenvalue weighted by Crippen LogP contribution is -2.27. The highest BCUT2D eigenvalue weighted by atomic mass is 16.2. The number of amides is 1. The van der Waals surface area contributed by atoms with E-state index in [2.05, 4.69) is 72.8 Å². The maximum atomic E-state index is 12.4. The number of benzene rings is 4. The fourth-order valence-corrected chi connectivity index (χ4v) is 3.55. The highest BCUT2D eigenvalue weighted by molar-refractivity contribution is 5.87. The molecule has 0 aromatic heterocycles. The van der Waals surface area contributed by atoms with E-state index in [1.807, 2.05) is 17.0 Å². The molecule has 0 N–H and O–H groups in total. The van der Waals surface area contributed by atoms with Gasteiger partial charge < -0.3 is 4.90 Å². The number of hydrogen-bond acceptors (Lipinski definition) is 1. The number of nitrogens with zero attached hydrogens (tertiary/aromatic N) is 1. The number of rotatable bonds is 4. The van der Waals surface area contributed by atoms with Gasteiger partial charge in [-0.3, -0.25) is 4.79 Å². The fourth-order valence-electron chi connectivity index (χ4n) is 3.55. The average molecular weight is 339 g/mol. The highest BCUT2D eigenvalue weighted by Crippen LogP contribution is 2.23. The molecular weight excluding hydrogens is 318 g/mol. The fraction of sp³-hybridized carbons (Fsp3) is 0.125. The van der Waals surface area contributed by atoms with E-state index in [9.17, 15) is 4.79 Å². The van der Waals surface area contributed by atoms with E-state index in [-0.39, 0.29) is 5.91 Å². The van der Waals surface area contributed by atoms with Gasteiger partial charge in [0.25, 0.3) is 0 Å². The largest absolute Gasteiger partial charge is 0.334 e. The molecule has 4 rings (SSSR count). The van der Waals surface area contributed by atoms with Crippen LogP contribution in [-0.4, -0.2) is 10.8 Å². The Morgan fingerprint density at radius 3 is 1.54 bits per heavy atom. The van der Waals surface area contributed by atoms with Crippen LogP contribution < -0.4 is 0 Å². The summed E-state index contributed by atoms with van der Waals surface area (Å²) in [6, 6.07) is 29.2. The van der Waals surface area contributed by atoms with E-state index < -0.39 is 0 Å². The Hall–Kier alpha value is -3.13. The summed E-state index contributed by atoms with van der Waals surface area (Å²) in [5.41, 5.74) is 2.36. The van der Waals surface area contributed by atoms with E-state index in [1.165, 1.54) is 32.7 Å². The van der Waals surface area contributed by atoms with Crippen LogP contribution in [0.5, 0.6) is 0 Å². The molecule has 0 aliphatic rings. The lowest BCUT2D eigenvalue weighted by Gasteiger charge is -2.23. The van der Waals surface area contributed by atoms with Gasteiger partial charge >= 0.3 is 0 Å². The van der Waals surface area contributed by atoms with Crippen LogP contribution in [0.2, 0.25) is 0 Å². The summed E-state index contributed by atoms with van der Waals surface area (Å²) in [4.78, 5) is 14.3. The van der Waals surface area contributed by atoms with Gasteiger partial charge in [-0.2, -0.15) is 0 Å². The molecule has 0 atom stereocenters. The van der Waals surface area contributed by atoms with Crippen molar-refractivity contribution >= 4 is 27.5 Å². The molecule has 4 aromatic rings. The molecule has 0 unspecified atom stereocenters. The van der Waals surface area contributed by atoms with E-state index in [1.54, 1.807) is 6.92 Å². The first-order valence-electron chi connectivity index (χ1n) is 8.91. The topological polar surface area (TPSA) is 20.3 Å². The maximum absolute atomic E-state index is 12.4. The van der Waals surface area contributed by atoms with Crippen LogP contribution in [0.1, 0.15) is 18.1 Å². The van der Waals surface area contributed by atoms with Gasteiger partial charge in [0.2, 0.25) is 5.91 Å². The minimum atomic E-state index is 0.0888. The SMILES string of the molecule is CC(=O)N(Cc1cccc2ccccc12)Cc1cccc2ccccc12. The van der Waals surface area contributed by atoms with Crippen LogP contribution in [0.3, 0.4) is 0 Å². The van der Waals surface area contributed by atoms with E-state index in [0.29, 0.717) is 13.1 Å². The van der Waals surface area contributed by atoms with Gasteiger partial charge in [-0.15, -0.1) is 0 Å². The Bertz CT molecular complexity index is 992. The number of hydrogen-bond donors (Lipinski definition) is 0. The summed E-state index contributed by atoms with van der Waals surface area (Å²) < 4.78 is 0. The van der Waals surface area contributed by atoms with Gasteiger partial charge in [0.1, 0.15) is 0 Å². The Morgan fingerprint density at radius 2 is 1.08 bits per heavy atom. The molecule has 0 radical (unpaired) electrons. The van der Waals surface area contributed by atoms with Crippen LogP contribution in [0.15, 0.2) is 84.9 Å². The van der Waals surface area contributed by atoms with Gasteiger partial charge in [-0.05, 0) is 32.7 Å². The normalized spacial score (nSPS) is 11.0. The average Bonchev–Trinajstić information content (AvgIpc) is 2.68. The van der Waals surface area contributed by atoms with Crippen molar-refractivity contribution in [2.75, 3.05) is 0 Å². The smallest absolute Gasteiger partial charge is 0.220 e. The van der Waals surface area contributed by atoms with Gasteiger partial charge in [0, 0.05) is 20.0 Å². The van der Waals surface area contributed by atoms with Gasteiger partial charge in [0.05, 0.1) is 0 Å². The Kier molecular flexibility index (Phi) is 4.40. The van der Waals surface area contributed by atoms with Gasteiger partial charge in [-0.25, -0.2) is 0 Å². The molecule has 0 aliphatic heterocycles. The zero-order chi connectivity index (χ0) is 17.9. The second kappa shape index (κ2) is 7.01. The first-order chi connectivity index (χ1) is 12.7. The van der Waals surface area contributed by atoms with Crippen molar-refractivity contribution in [1.29, 1.82) is 0 Å². The molecule has 128 valence electrons. The van der Waals surface area contributed by atoms with Gasteiger partial charge in [0.15, 0.2) is 0 Å². The van der Waals surface area contributed by atoms with Gasteiger partial charge in [-0.1, -0.05) is 84.9 Å². The summed E-state index contributed by atoms with van der Waals surface area (Å²) in [6.07, 6.45) is 0. The quantitative estimate of drug-likeness (QED) is 0.478. The van der Waals surface area contributed by atoms with E-state index in [0.717, 1.165) is 0 Å². The Morgan fingerprint density at radius 1 is 0.654 bits per heavy atom. The van der Waals surface area contributed by atoms with Crippen molar-refractivity contribution in [3.63, 3.8) is 0 Å². The van der Waals surface area contributed by atoms with Crippen LogP contribution in [0, 0.1) is 0 Å². The van der Waals surface area contributed by atoms with Crippen molar-refractivity contribution in [1.82, 2.24) is 4.90 Å². The lowest BCUT2D eigenvalue weighted by molar-refractivity contribution is -0.130. The first kappa shape index (κ1) is 16.3. The predicted molar refractivity (Wildman–Crippen MR) is 108 cm³/mol. The summed E-state index contributed by atoms with van der Waals surface area (Å²) in [5, 5.41) is 4.83. The number of carbonyl (C=O) groups is 1. The molecule has 0 aliphatic carbocycles. The van der Waals surface area contributed by atoms with Crippen molar-refractivity contribution in [2.24, 2.45) is 0 Å². The molecule has 0 saturated heterocycles. The monoisotopic (exact) mass is 339 g/mol. The third-order valence-electron chi connectivity index (χ3n) is 4.93. The van der Waals surface area contributed by atoms with E-state index >= 15 is 0 Å². The van der Waals surface area contributed by atoms with Crippen LogP contribution in [-0.2, 0) is 17.9 Å². The standard InChI is InChI=1S/C24H21NO/c1-18(26)25(16-21-12-6-10-19-8-2-4-14-23(19)21)17-22-13-7-11-20-9-3-5-15-24(20)22/h2-15H,16-17H2,1H3.